The minimum atomic E-state index is -3.57. The molecule has 0 amide bonds. The maximum Gasteiger partial charge on any atom is 0.240 e. The Kier molecular flexibility index (Phi) is 5.69. The summed E-state index contributed by atoms with van der Waals surface area (Å²) in [6.45, 7) is 0.511. The third kappa shape index (κ3) is 4.45. The molecule has 0 radical (unpaired) electrons. The lowest BCUT2D eigenvalue weighted by Crippen LogP contribution is -2.29. The van der Waals surface area contributed by atoms with Crippen LogP contribution in [0.4, 0.5) is 10.2 Å². The number of para-hydroxylation sites is 1. The van der Waals surface area contributed by atoms with E-state index in [9.17, 15) is 12.8 Å². The van der Waals surface area contributed by atoms with Crippen molar-refractivity contribution in [3.63, 3.8) is 0 Å². The van der Waals surface area contributed by atoms with Crippen molar-refractivity contribution in [3.8, 4) is 11.4 Å². The molecule has 0 atom stereocenters. The van der Waals surface area contributed by atoms with Crippen molar-refractivity contribution in [1.29, 1.82) is 0 Å². The van der Waals surface area contributed by atoms with E-state index >= 15 is 0 Å². The first-order valence-corrected chi connectivity index (χ1v) is 10.8. The number of nitrogens with zero attached hydrogens (tertiary/aromatic N) is 2. The van der Waals surface area contributed by atoms with Gasteiger partial charge in [-0.2, -0.15) is 0 Å². The first kappa shape index (κ1) is 19.9. The molecule has 0 bridgehead atoms. The SMILES string of the molecule is O=S(=O)(NCCNc1nc(-c2ccc(F)cc2)nc2ccccc12)c1ccccc1. The zero-order valence-corrected chi connectivity index (χ0v) is 16.7. The van der Waals surface area contributed by atoms with Crippen molar-refractivity contribution in [1.82, 2.24) is 14.7 Å². The third-order valence-corrected chi connectivity index (χ3v) is 5.95. The fraction of sp³-hybridized carbons (Fsp3) is 0.0909. The Bertz CT molecular complexity index is 1260. The Balaban J connectivity index is 1.53. The Morgan fingerprint density at radius 1 is 0.800 bits per heavy atom. The Morgan fingerprint density at radius 3 is 2.27 bits per heavy atom. The summed E-state index contributed by atoms with van der Waals surface area (Å²) < 4.78 is 40.5. The summed E-state index contributed by atoms with van der Waals surface area (Å²) in [5.74, 6) is 0.712. The first-order chi connectivity index (χ1) is 14.5. The van der Waals surface area contributed by atoms with Crippen molar-refractivity contribution in [2.45, 2.75) is 4.90 Å². The smallest absolute Gasteiger partial charge is 0.240 e. The average Bonchev–Trinajstić information content (AvgIpc) is 2.77. The van der Waals surface area contributed by atoms with E-state index in [1.54, 1.807) is 42.5 Å². The van der Waals surface area contributed by atoms with Gasteiger partial charge in [0.05, 0.1) is 10.4 Å². The molecule has 1 aromatic heterocycles. The van der Waals surface area contributed by atoms with E-state index in [1.165, 1.54) is 12.1 Å². The molecule has 0 aliphatic rings. The van der Waals surface area contributed by atoms with Crippen LogP contribution in [0.2, 0.25) is 0 Å². The highest BCUT2D eigenvalue weighted by molar-refractivity contribution is 7.89. The van der Waals surface area contributed by atoms with Gasteiger partial charge in [-0.3, -0.25) is 0 Å². The summed E-state index contributed by atoms with van der Waals surface area (Å²) in [5, 5.41) is 4.00. The quantitative estimate of drug-likeness (QED) is 0.442. The van der Waals surface area contributed by atoms with Gasteiger partial charge in [0, 0.05) is 24.0 Å². The van der Waals surface area contributed by atoms with Gasteiger partial charge < -0.3 is 5.32 Å². The molecule has 1 heterocycles. The minimum absolute atomic E-state index is 0.182. The number of hydrogen-bond acceptors (Lipinski definition) is 5. The fourth-order valence-corrected chi connectivity index (χ4v) is 4.04. The largest absolute Gasteiger partial charge is 0.368 e. The van der Waals surface area contributed by atoms with Crippen LogP contribution >= 0.6 is 0 Å². The van der Waals surface area contributed by atoms with E-state index in [2.05, 4.69) is 20.0 Å². The monoisotopic (exact) mass is 422 g/mol. The second-order valence-electron chi connectivity index (χ2n) is 6.56. The summed E-state index contributed by atoms with van der Waals surface area (Å²) in [5.41, 5.74) is 1.43. The van der Waals surface area contributed by atoms with E-state index in [-0.39, 0.29) is 17.3 Å². The molecule has 4 aromatic rings. The summed E-state index contributed by atoms with van der Waals surface area (Å²) in [7, 11) is -3.57. The van der Waals surface area contributed by atoms with Crippen LogP contribution in [-0.4, -0.2) is 31.5 Å². The van der Waals surface area contributed by atoms with Gasteiger partial charge in [-0.05, 0) is 48.5 Å². The predicted octanol–water partition coefficient (Wildman–Crippen LogP) is 3.83. The van der Waals surface area contributed by atoms with Crippen LogP contribution in [0.5, 0.6) is 0 Å². The number of rotatable bonds is 7. The molecule has 2 N–H and O–H groups in total. The maximum atomic E-state index is 13.2. The van der Waals surface area contributed by atoms with E-state index in [0.717, 1.165) is 10.9 Å². The maximum absolute atomic E-state index is 13.2. The molecule has 0 aliphatic heterocycles. The number of anilines is 1. The van der Waals surface area contributed by atoms with Crippen molar-refractivity contribution in [3.05, 3.63) is 84.7 Å². The van der Waals surface area contributed by atoms with E-state index in [0.29, 0.717) is 23.8 Å². The minimum Gasteiger partial charge on any atom is -0.368 e. The normalized spacial score (nSPS) is 11.5. The highest BCUT2D eigenvalue weighted by Gasteiger charge is 2.13. The lowest BCUT2D eigenvalue weighted by atomic mass is 10.2. The van der Waals surface area contributed by atoms with E-state index in [4.69, 9.17) is 0 Å². The molecule has 6 nitrogen and oxygen atoms in total. The summed E-state index contributed by atoms with van der Waals surface area (Å²) >= 11 is 0. The molecule has 0 saturated carbocycles. The summed E-state index contributed by atoms with van der Waals surface area (Å²) in [6, 6.07) is 21.7. The predicted molar refractivity (Wildman–Crippen MR) is 115 cm³/mol. The zero-order valence-electron chi connectivity index (χ0n) is 15.9. The molecule has 0 unspecified atom stereocenters. The van der Waals surface area contributed by atoms with Crippen LogP contribution in [0.1, 0.15) is 0 Å². The second kappa shape index (κ2) is 8.56. The van der Waals surface area contributed by atoms with Crippen LogP contribution in [0.25, 0.3) is 22.3 Å². The Labute approximate surface area is 173 Å². The Hall–Kier alpha value is -3.36. The standard InChI is InChI=1S/C22H19FN4O2S/c23-17-12-10-16(11-13-17)21-26-20-9-5-4-8-19(20)22(27-21)24-14-15-25-30(28,29)18-6-2-1-3-7-18/h1-13,25H,14-15H2,(H,24,26,27). The number of sulfonamides is 1. The van der Waals surface area contributed by atoms with Crippen molar-refractivity contribution in [2.75, 3.05) is 18.4 Å². The lowest BCUT2D eigenvalue weighted by molar-refractivity contribution is 0.583. The summed E-state index contributed by atoms with van der Waals surface area (Å²) in [4.78, 5) is 9.35. The summed E-state index contributed by atoms with van der Waals surface area (Å²) in [6.07, 6.45) is 0. The highest BCUT2D eigenvalue weighted by Crippen LogP contribution is 2.24. The van der Waals surface area contributed by atoms with Crippen molar-refractivity contribution in [2.24, 2.45) is 0 Å². The number of hydrogen-bond donors (Lipinski definition) is 2. The van der Waals surface area contributed by atoms with Crippen molar-refractivity contribution >= 4 is 26.7 Å². The number of halogens is 1. The topological polar surface area (TPSA) is 84.0 Å². The molecular formula is C22H19FN4O2S. The van der Waals surface area contributed by atoms with Gasteiger partial charge >= 0.3 is 0 Å². The van der Waals surface area contributed by atoms with Gasteiger partial charge in [-0.15, -0.1) is 0 Å². The number of nitrogens with one attached hydrogen (secondary N) is 2. The molecule has 30 heavy (non-hydrogen) atoms. The molecule has 8 heteroatoms. The third-order valence-electron chi connectivity index (χ3n) is 4.47. The van der Waals surface area contributed by atoms with Gasteiger partial charge in [0.15, 0.2) is 5.82 Å². The number of aromatic nitrogens is 2. The lowest BCUT2D eigenvalue weighted by Gasteiger charge is -2.12. The molecule has 4 rings (SSSR count). The zero-order chi connectivity index (χ0) is 21.0. The van der Waals surface area contributed by atoms with Crippen LogP contribution in [0, 0.1) is 5.82 Å². The van der Waals surface area contributed by atoms with Crippen LogP contribution in [0.3, 0.4) is 0 Å². The molecule has 0 spiro atoms. The Morgan fingerprint density at radius 2 is 1.50 bits per heavy atom. The van der Waals surface area contributed by atoms with Crippen molar-refractivity contribution < 1.29 is 12.8 Å². The van der Waals surface area contributed by atoms with Gasteiger partial charge in [0.2, 0.25) is 10.0 Å². The molecular weight excluding hydrogens is 403 g/mol. The molecule has 0 aliphatic carbocycles. The van der Waals surface area contributed by atoms with Crippen LogP contribution in [0.15, 0.2) is 83.8 Å². The number of fused-ring (bicyclic) bond motifs is 1. The molecule has 152 valence electrons. The molecule has 0 fully saturated rings. The first-order valence-electron chi connectivity index (χ1n) is 9.34. The fourth-order valence-electron chi connectivity index (χ4n) is 2.99. The number of benzene rings is 3. The van der Waals surface area contributed by atoms with Crippen LogP contribution < -0.4 is 10.0 Å². The second-order valence-corrected chi connectivity index (χ2v) is 8.32. The van der Waals surface area contributed by atoms with Gasteiger partial charge in [0.1, 0.15) is 11.6 Å². The molecule has 3 aromatic carbocycles. The van der Waals surface area contributed by atoms with Crippen LogP contribution in [-0.2, 0) is 10.0 Å². The van der Waals surface area contributed by atoms with Gasteiger partial charge in [-0.1, -0.05) is 30.3 Å². The van der Waals surface area contributed by atoms with E-state index < -0.39 is 10.0 Å². The average molecular weight is 422 g/mol. The van der Waals surface area contributed by atoms with Gasteiger partial charge in [0.25, 0.3) is 0 Å². The highest BCUT2D eigenvalue weighted by atomic mass is 32.2. The van der Waals surface area contributed by atoms with Gasteiger partial charge in [-0.25, -0.2) is 27.5 Å². The van der Waals surface area contributed by atoms with E-state index in [1.807, 2.05) is 24.3 Å². The molecule has 0 saturated heterocycles.